The van der Waals surface area contributed by atoms with Crippen LogP contribution in [0.5, 0.6) is 0 Å². The Bertz CT molecular complexity index is 408. The molecule has 0 aliphatic rings. The highest BCUT2D eigenvalue weighted by Crippen LogP contribution is 2.55. The van der Waals surface area contributed by atoms with Gasteiger partial charge in [-0.2, -0.15) is 0 Å². The van der Waals surface area contributed by atoms with Crippen LogP contribution in [0.25, 0.3) is 6.08 Å². The van der Waals surface area contributed by atoms with E-state index in [0.29, 0.717) is 0 Å². The maximum atomic E-state index is 3.82. The van der Waals surface area contributed by atoms with Crippen molar-refractivity contribution in [1.29, 1.82) is 0 Å². The second-order valence-corrected chi connectivity index (χ2v) is 11.9. The summed E-state index contributed by atoms with van der Waals surface area (Å²) < 4.78 is 0. The summed E-state index contributed by atoms with van der Waals surface area (Å²) in [4.78, 5) is 0. The fraction of sp³-hybridized carbons (Fsp3) is 0.619. The number of benzene rings is 1. The molecule has 1 aromatic carbocycles. The highest BCUT2D eigenvalue weighted by Gasteiger charge is 2.24. The number of hydrogen-bond donors (Lipinski definition) is 0. The average Bonchev–Trinajstić information content (AvgIpc) is 2.50. The fourth-order valence-electron chi connectivity index (χ4n) is 3.01. The molecule has 132 valence electrons. The summed E-state index contributed by atoms with van der Waals surface area (Å²) in [6.07, 6.45) is 16.1. The summed E-state index contributed by atoms with van der Waals surface area (Å²) in [5, 5.41) is 0. The first-order valence-corrected chi connectivity index (χ1v) is 12.2. The monoisotopic (exact) mass is 354 g/mol. The molecule has 0 atom stereocenters. The molecule has 0 spiro atoms. The third kappa shape index (κ3) is 11.0. The van der Waals surface area contributed by atoms with Crippen molar-refractivity contribution in [2.24, 2.45) is 0 Å². The van der Waals surface area contributed by atoms with Crippen LogP contribution in [-0.2, 0) is 6.16 Å². The summed E-state index contributed by atoms with van der Waals surface area (Å²) in [5.74, 6) is 0. The third-order valence-corrected chi connectivity index (χ3v) is 7.19. The molecule has 0 saturated heterocycles. The van der Waals surface area contributed by atoms with E-state index in [-0.39, 0.29) is 12.4 Å². The van der Waals surface area contributed by atoms with E-state index in [2.05, 4.69) is 51.1 Å². The zero-order valence-corrected chi connectivity index (χ0v) is 17.1. The molecule has 0 aromatic heterocycles. The normalized spacial score (nSPS) is 11.1. The quantitative estimate of drug-likeness (QED) is 0.389. The lowest BCUT2D eigenvalue weighted by Crippen LogP contribution is -3.00. The molecular weight excluding hydrogens is 319 g/mol. The van der Waals surface area contributed by atoms with Crippen molar-refractivity contribution < 1.29 is 12.4 Å². The topological polar surface area (TPSA) is 0 Å². The van der Waals surface area contributed by atoms with Crippen molar-refractivity contribution in [3.8, 4) is 0 Å². The smallest absolute Gasteiger partial charge is 0.0837 e. The fourth-order valence-corrected chi connectivity index (χ4v) is 5.44. The maximum absolute atomic E-state index is 3.82. The maximum Gasteiger partial charge on any atom is 0.0837 e. The predicted octanol–water partition coefficient (Wildman–Crippen LogP) is 4.25. The van der Waals surface area contributed by atoms with E-state index < -0.39 is 7.26 Å². The van der Waals surface area contributed by atoms with Crippen LogP contribution < -0.4 is 12.4 Å². The molecule has 0 fully saturated rings. The van der Waals surface area contributed by atoms with Crippen LogP contribution in [0.15, 0.2) is 30.8 Å². The molecule has 1 aromatic rings. The molecule has 23 heavy (non-hydrogen) atoms. The van der Waals surface area contributed by atoms with E-state index >= 15 is 0 Å². The molecule has 0 N–H and O–H groups in total. The Labute approximate surface area is 151 Å². The highest BCUT2D eigenvalue weighted by atomic mass is 35.5. The van der Waals surface area contributed by atoms with Crippen molar-refractivity contribution in [2.45, 2.75) is 64.5 Å². The molecule has 0 aliphatic carbocycles. The van der Waals surface area contributed by atoms with Gasteiger partial charge in [0.1, 0.15) is 0 Å². The lowest BCUT2D eigenvalue weighted by Gasteiger charge is -2.18. The Kier molecular flexibility index (Phi) is 12.8. The Morgan fingerprint density at radius 3 is 1.91 bits per heavy atom. The third-order valence-electron chi connectivity index (χ3n) is 4.44. The van der Waals surface area contributed by atoms with Crippen molar-refractivity contribution in [3.05, 3.63) is 42.0 Å². The Balaban J connectivity index is 0.00000484. The number of rotatable bonds is 12. The molecule has 0 radical (unpaired) electrons. The summed E-state index contributed by atoms with van der Waals surface area (Å²) >= 11 is 0. The van der Waals surface area contributed by atoms with Gasteiger partial charge in [0.15, 0.2) is 0 Å². The second-order valence-electron chi connectivity index (χ2n) is 7.24. The molecule has 2 heteroatoms. The van der Waals surface area contributed by atoms with E-state index in [9.17, 15) is 0 Å². The van der Waals surface area contributed by atoms with Gasteiger partial charge < -0.3 is 12.4 Å². The van der Waals surface area contributed by atoms with Gasteiger partial charge in [0.25, 0.3) is 0 Å². The summed E-state index contributed by atoms with van der Waals surface area (Å²) in [5.41, 5.74) is 2.73. The molecule has 0 nitrogen and oxygen atoms in total. The molecule has 0 unspecified atom stereocenters. The van der Waals surface area contributed by atoms with E-state index in [0.717, 1.165) is 0 Å². The predicted molar refractivity (Wildman–Crippen MR) is 106 cm³/mol. The Hall–Kier alpha value is -0.320. The molecule has 0 heterocycles. The molecule has 0 saturated carbocycles. The van der Waals surface area contributed by atoms with Crippen molar-refractivity contribution in [2.75, 3.05) is 19.5 Å². The Morgan fingerprint density at radius 1 is 0.870 bits per heavy atom. The largest absolute Gasteiger partial charge is 1.00 e. The standard InChI is InChI=1S/C21H36P.ClH/c1-5-7-8-9-10-11-12-13-18-22(3,4)19-21-16-14-20(6-2)15-17-21;/h6,14-17H,2,5,7-13,18-19H2,1,3-4H3;1H/q+1;/p-1. The number of halogens is 1. The van der Waals surface area contributed by atoms with Crippen LogP contribution in [0.4, 0.5) is 0 Å². The number of hydrogen-bond acceptors (Lipinski definition) is 0. The van der Waals surface area contributed by atoms with Crippen LogP contribution in [0.1, 0.15) is 69.4 Å². The minimum Gasteiger partial charge on any atom is -1.00 e. The minimum absolute atomic E-state index is 0. The SMILES string of the molecule is C=Cc1ccc(C[P+](C)(C)CCCCCCCCCC)cc1.[Cl-]. The number of unbranched alkanes of at least 4 members (excludes halogenated alkanes) is 7. The summed E-state index contributed by atoms with van der Waals surface area (Å²) in [6, 6.07) is 8.95. The molecular formula is C21H36ClP. The van der Waals surface area contributed by atoms with E-state index in [1.807, 2.05) is 6.08 Å². The van der Waals surface area contributed by atoms with Gasteiger partial charge in [0.2, 0.25) is 0 Å². The first-order chi connectivity index (χ1) is 10.6. The van der Waals surface area contributed by atoms with Crippen LogP contribution >= 0.6 is 7.26 Å². The van der Waals surface area contributed by atoms with E-state index in [1.54, 1.807) is 0 Å². The van der Waals surface area contributed by atoms with Gasteiger partial charge in [0.05, 0.1) is 12.3 Å². The first kappa shape index (κ1) is 22.7. The van der Waals surface area contributed by atoms with Crippen molar-refractivity contribution >= 4 is 13.3 Å². The average molecular weight is 355 g/mol. The van der Waals surface area contributed by atoms with Gasteiger partial charge in [-0.15, -0.1) is 0 Å². The summed E-state index contributed by atoms with van der Waals surface area (Å²) in [6.45, 7) is 11.2. The Morgan fingerprint density at radius 2 is 1.39 bits per heavy atom. The van der Waals surface area contributed by atoms with Crippen LogP contribution in [-0.4, -0.2) is 19.5 Å². The van der Waals surface area contributed by atoms with E-state index in [4.69, 9.17) is 0 Å². The van der Waals surface area contributed by atoms with Crippen molar-refractivity contribution in [3.63, 3.8) is 0 Å². The first-order valence-electron chi connectivity index (χ1n) is 9.11. The van der Waals surface area contributed by atoms with Gasteiger partial charge in [-0.1, -0.05) is 82.4 Å². The van der Waals surface area contributed by atoms with E-state index in [1.165, 1.54) is 74.8 Å². The molecule has 0 bridgehead atoms. The van der Waals surface area contributed by atoms with Gasteiger partial charge in [-0.25, -0.2) is 0 Å². The van der Waals surface area contributed by atoms with Crippen LogP contribution in [0, 0.1) is 0 Å². The second kappa shape index (κ2) is 13.0. The highest BCUT2D eigenvalue weighted by molar-refractivity contribution is 7.73. The zero-order valence-electron chi connectivity index (χ0n) is 15.5. The minimum atomic E-state index is -0.780. The zero-order chi connectivity index (χ0) is 16.3. The summed E-state index contributed by atoms with van der Waals surface area (Å²) in [7, 11) is -0.780. The van der Waals surface area contributed by atoms with Gasteiger partial charge in [-0.3, -0.25) is 0 Å². The van der Waals surface area contributed by atoms with Crippen LogP contribution in [0.3, 0.4) is 0 Å². The molecule has 0 amide bonds. The lowest BCUT2D eigenvalue weighted by molar-refractivity contribution is -0.00000495. The molecule has 1 rings (SSSR count). The van der Waals surface area contributed by atoms with Gasteiger partial charge >= 0.3 is 0 Å². The van der Waals surface area contributed by atoms with Gasteiger partial charge in [0, 0.05) is 20.6 Å². The van der Waals surface area contributed by atoms with Gasteiger partial charge in [-0.05, 0) is 24.0 Å². The van der Waals surface area contributed by atoms with Crippen LogP contribution in [0.2, 0.25) is 0 Å². The lowest BCUT2D eigenvalue weighted by atomic mass is 10.1. The molecule has 0 aliphatic heterocycles. The van der Waals surface area contributed by atoms with Crippen molar-refractivity contribution in [1.82, 2.24) is 0 Å².